The van der Waals surface area contributed by atoms with Gasteiger partial charge in [0, 0.05) is 18.3 Å². The molecule has 1 N–H and O–H groups in total. The van der Waals surface area contributed by atoms with Crippen molar-refractivity contribution >= 4 is 22.9 Å². The summed E-state index contributed by atoms with van der Waals surface area (Å²) in [6.45, 7) is 1.73. The van der Waals surface area contributed by atoms with Crippen LogP contribution in [0.5, 0.6) is 5.75 Å². The number of carbonyl (C=O) groups is 1. The molecule has 0 fully saturated rings. The van der Waals surface area contributed by atoms with Crippen molar-refractivity contribution < 1.29 is 14.5 Å². The zero-order valence-electron chi connectivity index (χ0n) is 13.0. The SMILES string of the molecule is COc1ccc([N+](=O)[O-])cc1NC(=O)c1c(C)nc2ccccn12. The van der Waals surface area contributed by atoms with Crippen LogP contribution in [0.25, 0.3) is 5.65 Å². The molecule has 0 aliphatic carbocycles. The maximum atomic E-state index is 12.7. The van der Waals surface area contributed by atoms with Crippen molar-refractivity contribution in [3.05, 3.63) is 64.1 Å². The second-order valence-corrected chi connectivity index (χ2v) is 5.07. The van der Waals surface area contributed by atoms with Crippen molar-refractivity contribution in [1.29, 1.82) is 0 Å². The average molecular weight is 326 g/mol. The van der Waals surface area contributed by atoms with Gasteiger partial charge in [0.1, 0.15) is 17.1 Å². The third-order valence-corrected chi connectivity index (χ3v) is 3.56. The number of ether oxygens (including phenoxy) is 1. The fraction of sp³-hybridized carbons (Fsp3) is 0.125. The molecule has 0 atom stereocenters. The highest BCUT2D eigenvalue weighted by Gasteiger charge is 2.19. The van der Waals surface area contributed by atoms with Gasteiger partial charge in [-0.1, -0.05) is 6.07 Å². The number of nitrogens with one attached hydrogen (secondary N) is 1. The fourth-order valence-corrected chi connectivity index (χ4v) is 2.48. The van der Waals surface area contributed by atoms with Crippen LogP contribution in [-0.4, -0.2) is 27.3 Å². The Labute approximate surface area is 136 Å². The number of aryl methyl sites for hydroxylation is 1. The van der Waals surface area contributed by atoms with Crippen molar-refractivity contribution in [2.75, 3.05) is 12.4 Å². The minimum absolute atomic E-state index is 0.138. The molecule has 0 aliphatic rings. The monoisotopic (exact) mass is 326 g/mol. The minimum Gasteiger partial charge on any atom is -0.495 e. The standard InChI is InChI=1S/C16H14N4O4/c1-10-15(19-8-4-3-5-14(19)17-10)16(21)18-12-9-11(20(22)23)6-7-13(12)24-2/h3-9H,1-2H3,(H,18,21). The number of pyridine rings is 1. The fourth-order valence-electron chi connectivity index (χ4n) is 2.48. The van der Waals surface area contributed by atoms with Crippen molar-refractivity contribution in [3.8, 4) is 5.75 Å². The van der Waals surface area contributed by atoms with Crippen LogP contribution in [0.4, 0.5) is 11.4 Å². The molecule has 0 saturated heterocycles. The summed E-state index contributed by atoms with van der Waals surface area (Å²) >= 11 is 0. The Kier molecular flexibility index (Phi) is 3.87. The highest BCUT2D eigenvalue weighted by atomic mass is 16.6. The lowest BCUT2D eigenvalue weighted by Crippen LogP contribution is -2.16. The van der Waals surface area contributed by atoms with Gasteiger partial charge in [0.05, 0.1) is 23.4 Å². The van der Waals surface area contributed by atoms with Crippen LogP contribution in [0.15, 0.2) is 42.6 Å². The van der Waals surface area contributed by atoms with Crippen LogP contribution < -0.4 is 10.1 Å². The van der Waals surface area contributed by atoms with E-state index in [0.29, 0.717) is 22.8 Å². The normalized spacial score (nSPS) is 10.6. The molecular formula is C16H14N4O4. The third kappa shape index (κ3) is 2.65. The lowest BCUT2D eigenvalue weighted by molar-refractivity contribution is -0.384. The Balaban J connectivity index is 2.01. The smallest absolute Gasteiger partial charge is 0.274 e. The molecule has 8 nitrogen and oxygen atoms in total. The molecule has 1 amide bonds. The number of non-ortho nitro benzene ring substituents is 1. The van der Waals surface area contributed by atoms with Gasteiger partial charge in [0.15, 0.2) is 0 Å². The van der Waals surface area contributed by atoms with Crippen LogP contribution in [0.2, 0.25) is 0 Å². The second-order valence-electron chi connectivity index (χ2n) is 5.07. The summed E-state index contributed by atoms with van der Waals surface area (Å²) in [5, 5.41) is 13.6. The molecule has 0 bridgehead atoms. The first kappa shape index (κ1) is 15.5. The number of amides is 1. The summed E-state index contributed by atoms with van der Waals surface area (Å²) in [5.41, 5.74) is 1.65. The molecule has 2 heterocycles. The summed E-state index contributed by atoms with van der Waals surface area (Å²) in [7, 11) is 1.43. The van der Waals surface area contributed by atoms with Gasteiger partial charge in [-0.3, -0.25) is 19.3 Å². The first-order valence-corrected chi connectivity index (χ1v) is 7.08. The van der Waals surface area contributed by atoms with E-state index in [4.69, 9.17) is 4.74 Å². The van der Waals surface area contributed by atoms with Crippen LogP contribution in [0, 0.1) is 17.0 Å². The Morgan fingerprint density at radius 3 is 2.83 bits per heavy atom. The molecule has 0 unspecified atom stereocenters. The van der Waals surface area contributed by atoms with Crippen molar-refractivity contribution in [1.82, 2.24) is 9.38 Å². The number of rotatable bonds is 4. The predicted octanol–water partition coefficient (Wildman–Crippen LogP) is 2.81. The van der Waals surface area contributed by atoms with Gasteiger partial charge in [0.2, 0.25) is 0 Å². The maximum absolute atomic E-state index is 12.7. The number of imidazole rings is 1. The molecule has 3 rings (SSSR count). The number of aromatic nitrogens is 2. The highest BCUT2D eigenvalue weighted by Crippen LogP contribution is 2.29. The molecule has 24 heavy (non-hydrogen) atoms. The Hall–Kier alpha value is -3.42. The molecule has 2 aromatic heterocycles. The molecule has 3 aromatic rings. The predicted molar refractivity (Wildman–Crippen MR) is 87.5 cm³/mol. The molecule has 0 saturated carbocycles. The number of fused-ring (bicyclic) bond motifs is 1. The molecular weight excluding hydrogens is 312 g/mol. The van der Waals surface area contributed by atoms with Gasteiger partial charge >= 0.3 is 0 Å². The van der Waals surface area contributed by atoms with Crippen molar-refractivity contribution in [2.24, 2.45) is 0 Å². The third-order valence-electron chi connectivity index (χ3n) is 3.56. The molecule has 122 valence electrons. The van der Waals surface area contributed by atoms with E-state index in [9.17, 15) is 14.9 Å². The summed E-state index contributed by atoms with van der Waals surface area (Å²) in [6, 6.07) is 9.42. The molecule has 8 heteroatoms. The average Bonchev–Trinajstić information content (AvgIpc) is 2.90. The number of nitro benzene ring substituents is 1. The van der Waals surface area contributed by atoms with Gasteiger partial charge in [-0.15, -0.1) is 0 Å². The van der Waals surface area contributed by atoms with E-state index >= 15 is 0 Å². The number of nitro groups is 1. The number of hydrogen-bond acceptors (Lipinski definition) is 5. The van der Waals surface area contributed by atoms with Crippen molar-refractivity contribution in [2.45, 2.75) is 6.92 Å². The highest BCUT2D eigenvalue weighted by molar-refractivity contribution is 6.05. The molecule has 0 aliphatic heterocycles. The molecule has 1 aromatic carbocycles. The van der Waals surface area contributed by atoms with Gasteiger partial charge in [-0.25, -0.2) is 4.98 Å². The number of carbonyl (C=O) groups excluding carboxylic acids is 1. The van der Waals surface area contributed by atoms with E-state index in [-0.39, 0.29) is 11.4 Å². The second kappa shape index (κ2) is 5.99. The van der Waals surface area contributed by atoms with Crippen LogP contribution >= 0.6 is 0 Å². The number of hydrogen-bond donors (Lipinski definition) is 1. The summed E-state index contributed by atoms with van der Waals surface area (Å²) in [4.78, 5) is 27.4. The van der Waals surface area contributed by atoms with Gasteiger partial charge in [-0.05, 0) is 25.1 Å². The number of methoxy groups -OCH3 is 1. The topological polar surface area (TPSA) is 98.8 Å². The molecule has 0 spiro atoms. The van der Waals surface area contributed by atoms with Crippen LogP contribution in [0.1, 0.15) is 16.2 Å². The lowest BCUT2D eigenvalue weighted by atomic mass is 10.2. The Morgan fingerprint density at radius 1 is 1.33 bits per heavy atom. The quantitative estimate of drug-likeness (QED) is 0.587. The first-order chi connectivity index (χ1) is 11.5. The number of anilines is 1. The van der Waals surface area contributed by atoms with Crippen LogP contribution in [0.3, 0.4) is 0 Å². The van der Waals surface area contributed by atoms with E-state index in [1.807, 2.05) is 6.07 Å². The maximum Gasteiger partial charge on any atom is 0.274 e. The number of nitrogens with zero attached hydrogens (tertiary/aromatic N) is 3. The van der Waals surface area contributed by atoms with Crippen LogP contribution in [-0.2, 0) is 0 Å². The zero-order valence-corrected chi connectivity index (χ0v) is 13.0. The van der Waals surface area contributed by atoms with Gasteiger partial charge in [0.25, 0.3) is 11.6 Å². The van der Waals surface area contributed by atoms with Crippen molar-refractivity contribution in [3.63, 3.8) is 0 Å². The minimum atomic E-state index is -0.533. The first-order valence-electron chi connectivity index (χ1n) is 7.08. The van der Waals surface area contributed by atoms with E-state index < -0.39 is 10.8 Å². The Bertz CT molecular complexity index is 948. The van der Waals surface area contributed by atoms with E-state index in [0.717, 1.165) is 0 Å². The summed E-state index contributed by atoms with van der Waals surface area (Å²) < 4.78 is 6.82. The lowest BCUT2D eigenvalue weighted by Gasteiger charge is -2.10. The zero-order chi connectivity index (χ0) is 17.3. The number of benzene rings is 1. The summed E-state index contributed by atoms with van der Waals surface area (Å²) in [6.07, 6.45) is 1.73. The van der Waals surface area contributed by atoms with Gasteiger partial charge < -0.3 is 10.1 Å². The largest absolute Gasteiger partial charge is 0.495 e. The Morgan fingerprint density at radius 2 is 2.12 bits per heavy atom. The van der Waals surface area contributed by atoms with Gasteiger partial charge in [-0.2, -0.15) is 0 Å². The summed E-state index contributed by atoms with van der Waals surface area (Å²) in [5.74, 6) is -0.0922. The van der Waals surface area contributed by atoms with E-state index in [1.54, 1.807) is 29.7 Å². The van der Waals surface area contributed by atoms with E-state index in [2.05, 4.69) is 10.3 Å². The molecule has 0 radical (unpaired) electrons. The van der Waals surface area contributed by atoms with E-state index in [1.165, 1.54) is 25.3 Å².